The smallest absolute Gasteiger partial charge is 0.146 e. The lowest BCUT2D eigenvalue weighted by molar-refractivity contribution is 0.449. The predicted molar refractivity (Wildman–Crippen MR) is 145 cm³/mol. The van der Waals surface area contributed by atoms with Crippen LogP contribution in [0.3, 0.4) is 0 Å². The number of hydrogen-bond donors (Lipinski definition) is 0. The van der Waals surface area contributed by atoms with Crippen LogP contribution < -0.4 is 4.74 Å². The summed E-state index contributed by atoms with van der Waals surface area (Å²) in [5.41, 5.74) is 6.70. The molecule has 0 aromatic heterocycles. The van der Waals surface area contributed by atoms with Crippen molar-refractivity contribution >= 4 is 21.5 Å². The van der Waals surface area contributed by atoms with Crippen LogP contribution in [0.4, 0.5) is 0 Å². The van der Waals surface area contributed by atoms with Gasteiger partial charge in [-0.3, -0.25) is 0 Å². The minimum atomic E-state index is -2.95. The maximum absolute atomic E-state index is 14.9. The second kappa shape index (κ2) is 8.08. The highest BCUT2D eigenvalue weighted by molar-refractivity contribution is 7.94. The monoisotopic (exact) mass is 483 g/mol. The minimum absolute atomic E-state index is 0.586. The number of nitrogens with zero attached hydrogens (tertiary/aromatic N) is 1. The number of rotatable bonds is 3. The lowest BCUT2D eigenvalue weighted by Gasteiger charge is -2.29. The first kappa shape index (κ1) is 20.9. The largest absolute Gasteiger partial charge is 0.455 e. The van der Waals surface area contributed by atoms with Gasteiger partial charge in [-0.15, -0.1) is 0 Å². The molecule has 7 rings (SSSR count). The standard InChI is InChI=1S/C32H21NO2S/c34-36-31-17-16-25(22-10-4-1-5-11-22)20-29(31)35-30-21-26(23-12-6-2-7-13-23)18-27(32(30)36)19-28(33-36)24-14-8-3-9-15-24/h1-21H. The van der Waals surface area contributed by atoms with E-state index >= 15 is 0 Å². The van der Waals surface area contributed by atoms with Crippen LogP contribution in [-0.2, 0) is 9.73 Å². The molecule has 4 heteroatoms. The third kappa shape index (κ3) is 3.30. The normalized spacial score (nSPS) is 17.2. The fraction of sp³-hybridized carbons (Fsp3) is 0. The zero-order valence-corrected chi connectivity index (χ0v) is 20.1. The van der Waals surface area contributed by atoms with Crippen LogP contribution in [-0.4, -0.2) is 4.21 Å². The van der Waals surface area contributed by atoms with Crippen molar-refractivity contribution in [3.05, 3.63) is 132 Å². The van der Waals surface area contributed by atoms with Gasteiger partial charge in [0.05, 0.1) is 10.6 Å². The Hall–Kier alpha value is -4.41. The lowest BCUT2D eigenvalue weighted by atomic mass is 10.0. The molecule has 1 atom stereocenters. The van der Waals surface area contributed by atoms with Crippen molar-refractivity contribution < 1.29 is 8.95 Å². The first-order valence-corrected chi connectivity index (χ1v) is 13.4. The van der Waals surface area contributed by atoms with Gasteiger partial charge in [0.25, 0.3) is 0 Å². The van der Waals surface area contributed by atoms with Crippen LogP contribution in [0.2, 0.25) is 0 Å². The van der Waals surface area contributed by atoms with Gasteiger partial charge in [-0.1, -0.05) is 97.1 Å². The highest BCUT2D eigenvalue weighted by Crippen LogP contribution is 2.51. The first-order valence-electron chi connectivity index (χ1n) is 11.8. The number of benzene rings is 5. The van der Waals surface area contributed by atoms with Gasteiger partial charge < -0.3 is 4.74 Å². The lowest BCUT2D eigenvalue weighted by Crippen LogP contribution is -2.15. The van der Waals surface area contributed by atoms with Crippen molar-refractivity contribution in [1.82, 2.24) is 0 Å². The van der Waals surface area contributed by atoms with E-state index in [-0.39, 0.29) is 0 Å². The van der Waals surface area contributed by atoms with Crippen molar-refractivity contribution in [3.63, 3.8) is 0 Å². The molecule has 0 N–H and O–H groups in total. The Morgan fingerprint density at radius 1 is 0.556 bits per heavy atom. The first-order chi connectivity index (χ1) is 17.7. The number of hydrogen-bond acceptors (Lipinski definition) is 3. The van der Waals surface area contributed by atoms with Gasteiger partial charge in [-0.25, -0.2) is 4.21 Å². The fourth-order valence-corrected chi connectivity index (χ4v) is 7.19. The van der Waals surface area contributed by atoms with Crippen LogP contribution >= 0.6 is 0 Å². The van der Waals surface area contributed by atoms with E-state index in [1.165, 1.54) is 0 Å². The van der Waals surface area contributed by atoms with Gasteiger partial charge in [0.2, 0.25) is 0 Å². The molecule has 36 heavy (non-hydrogen) atoms. The van der Waals surface area contributed by atoms with E-state index in [0.717, 1.165) is 33.4 Å². The van der Waals surface area contributed by atoms with Crippen LogP contribution in [0.15, 0.2) is 135 Å². The molecule has 1 unspecified atom stereocenters. The van der Waals surface area contributed by atoms with Crippen molar-refractivity contribution in [3.8, 4) is 33.8 Å². The minimum Gasteiger partial charge on any atom is -0.455 e. The van der Waals surface area contributed by atoms with Crippen molar-refractivity contribution in [1.29, 1.82) is 0 Å². The SMILES string of the molecule is O=S12=NC(c3ccccc3)=Cc3cc(-c4ccccc4)cc(c31)Oc1cc(-c3ccccc3)ccc12. The average molecular weight is 484 g/mol. The Labute approximate surface area is 210 Å². The molecule has 0 radical (unpaired) electrons. The van der Waals surface area contributed by atoms with Crippen LogP contribution in [0, 0.1) is 0 Å². The third-order valence-electron chi connectivity index (χ3n) is 6.62. The summed E-state index contributed by atoms with van der Waals surface area (Å²) < 4.78 is 26.3. The summed E-state index contributed by atoms with van der Waals surface area (Å²) in [6.07, 6.45) is 2.02. The summed E-state index contributed by atoms with van der Waals surface area (Å²) in [6, 6.07) is 40.2. The molecule has 2 aliphatic heterocycles. The summed E-state index contributed by atoms with van der Waals surface area (Å²) >= 11 is 0. The molecule has 0 saturated carbocycles. The molecular formula is C32H21NO2S. The Balaban J connectivity index is 1.50. The highest BCUT2D eigenvalue weighted by atomic mass is 32.2. The molecule has 0 aliphatic carbocycles. The molecule has 2 aliphatic rings. The van der Waals surface area contributed by atoms with Crippen LogP contribution in [0.25, 0.3) is 34.0 Å². The molecule has 0 saturated heterocycles. The number of fused-ring (bicyclic) bond motifs is 2. The molecule has 172 valence electrons. The van der Waals surface area contributed by atoms with E-state index in [2.05, 4.69) is 30.3 Å². The molecule has 3 nitrogen and oxygen atoms in total. The van der Waals surface area contributed by atoms with Gasteiger partial charge in [-0.05, 0) is 58.2 Å². The fourth-order valence-electron chi connectivity index (χ4n) is 4.91. The van der Waals surface area contributed by atoms with E-state index in [0.29, 0.717) is 27.0 Å². The van der Waals surface area contributed by atoms with Crippen LogP contribution in [0.5, 0.6) is 11.5 Å². The zero-order valence-electron chi connectivity index (χ0n) is 19.3. The van der Waals surface area contributed by atoms with E-state index in [4.69, 9.17) is 9.10 Å². The second-order valence-corrected chi connectivity index (χ2v) is 11.0. The molecule has 5 aromatic carbocycles. The summed E-state index contributed by atoms with van der Waals surface area (Å²) in [4.78, 5) is 1.27. The van der Waals surface area contributed by atoms with Crippen LogP contribution in [0.1, 0.15) is 11.1 Å². The summed E-state index contributed by atoms with van der Waals surface area (Å²) in [5, 5.41) is 0. The predicted octanol–water partition coefficient (Wildman–Crippen LogP) is 8.52. The molecule has 0 amide bonds. The Bertz CT molecular complexity index is 1780. The molecule has 5 aromatic rings. The van der Waals surface area contributed by atoms with Gasteiger partial charge in [0.15, 0.2) is 0 Å². The summed E-state index contributed by atoms with van der Waals surface area (Å²) in [7, 11) is -2.95. The second-order valence-electron chi connectivity index (χ2n) is 8.90. The van der Waals surface area contributed by atoms with E-state index in [1.807, 2.05) is 97.1 Å². The maximum Gasteiger partial charge on any atom is 0.146 e. The van der Waals surface area contributed by atoms with E-state index < -0.39 is 9.73 Å². The summed E-state index contributed by atoms with van der Waals surface area (Å²) in [5.74, 6) is 1.18. The van der Waals surface area contributed by atoms with E-state index in [1.54, 1.807) is 0 Å². The van der Waals surface area contributed by atoms with Gasteiger partial charge in [0, 0.05) is 5.56 Å². The topological polar surface area (TPSA) is 38.7 Å². The van der Waals surface area contributed by atoms with Gasteiger partial charge in [-0.2, -0.15) is 4.36 Å². The van der Waals surface area contributed by atoms with Crippen molar-refractivity contribution in [2.75, 3.05) is 0 Å². The highest BCUT2D eigenvalue weighted by Gasteiger charge is 2.35. The Morgan fingerprint density at radius 2 is 1.14 bits per heavy atom. The number of ether oxygens (including phenoxy) is 1. The molecular weight excluding hydrogens is 462 g/mol. The van der Waals surface area contributed by atoms with Crippen molar-refractivity contribution in [2.45, 2.75) is 9.79 Å². The molecule has 0 spiro atoms. The van der Waals surface area contributed by atoms with Crippen molar-refractivity contribution in [2.24, 2.45) is 4.36 Å². The molecule has 0 fully saturated rings. The zero-order chi connectivity index (χ0) is 24.1. The third-order valence-corrected chi connectivity index (χ3v) is 9.00. The van der Waals surface area contributed by atoms with Gasteiger partial charge >= 0.3 is 0 Å². The Kier molecular flexibility index (Phi) is 4.69. The van der Waals surface area contributed by atoms with Gasteiger partial charge in [0.1, 0.15) is 26.1 Å². The Morgan fingerprint density at radius 3 is 1.81 bits per heavy atom. The quantitative estimate of drug-likeness (QED) is 0.253. The molecule has 2 heterocycles. The molecule has 0 bridgehead atoms. The van der Waals surface area contributed by atoms with E-state index in [9.17, 15) is 4.21 Å². The summed E-state index contributed by atoms with van der Waals surface area (Å²) in [6.45, 7) is 0. The maximum atomic E-state index is 14.9. The average Bonchev–Trinajstić information content (AvgIpc) is 2.94.